The van der Waals surface area contributed by atoms with Crippen molar-refractivity contribution in [3.63, 3.8) is 0 Å². The minimum absolute atomic E-state index is 0.00353. The number of aromatic nitrogens is 1. The molecule has 11 heteroatoms. The van der Waals surface area contributed by atoms with Crippen LogP contribution in [-0.4, -0.2) is 56.1 Å². The van der Waals surface area contributed by atoms with Gasteiger partial charge in [-0.2, -0.15) is 8.78 Å². The number of benzene rings is 1. The number of anilines is 2. The van der Waals surface area contributed by atoms with Crippen LogP contribution in [0, 0.1) is 26.2 Å². The summed E-state index contributed by atoms with van der Waals surface area (Å²) >= 11 is 0. The number of nitrogens with one attached hydrogen (secondary N) is 4. The maximum Gasteiger partial charge on any atom is 0.312 e. The average Bonchev–Trinajstić information content (AvgIpc) is 2.86. The van der Waals surface area contributed by atoms with Gasteiger partial charge >= 0.3 is 6.55 Å². The summed E-state index contributed by atoms with van der Waals surface area (Å²) in [6.45, 7) is 8.09. The monoisotopic (exact) mass is 537 g/mol. The molecule has 1 aliphatic heterocycles. The first-order chi connectivity index (χ1) is 17.7. The van der Waals surface area contributed by atoms with Crippen molar-refractivity contribution in [2.75, 3.05) is 36.6 Å². The van der Waals surface area contributed by atoms with E-state index in [1.807, 2.05) is 19.7 Å². The summed E-state index contributed by atoms with van der Waals surface area (Å²) < 4.78 is 32.2. The quantitative estimate of drug-likeness (QED) is 0.216. The van der Waals surface area contributed by atoms with E-state index >= 15 is 0 Å². The highest BCUT2D eigenvalue weighted by molar-refractivity contribution is 7.15. The van der Waals surface area contributed by atoms with Gasteiger partial charge in [-0.3, -0.25) is 9.59 Å². The Balaban J connectivity index is 0.00000235. The maximum absolute atomic E-state index is 13.4. The lowest BCUT2D eigenvalue weighted by atomic mass is 9.95. The maximum atomic E-state index is 13.4. The zero-order chi connectivity index (χ0) is 27.7. The van der Waals surface area contributed by atoms with Crippen molar-refractivity contribution in [2.24, 2.45) is 0 Å². The number of nitrogens with zero attached hydrogens (tertiary/aromatic N) is 1. The molecule has 3 rings (SSSR count). The van der Waals surface area contributed by atoms with E-state index in [2.05, 4.69) is 29.8 Å². The zero-order valence-electron chi connectivity index (χ0n) is 22.1. The second kappa shape index (κ2) is 14.2. The fourth-order valence-corrected chi connectivity index (χ4v) is 4.74. The number of pyridine rings is 1. The van der Waals surface area contributed by atoms with E-state index in [4.69, 9.17) is 10.1 Å². The van der Waals surface area contributed by atoms with E-state index in [1.165, 1.54) is 6.07 Å². The minimum atomic E-state index is -2.87. The molecule has 0 spiro atoms. The first-order valence-electron chi connectivity index (χ1n) is 12.3. The van der Waals surface area contributed by atoms with Gasteiger partial charge in [-0.05, 0) is 63.8 Å². The summed E-state index contributed by atoms with van der Waals surface area (Å²) in [7, 11) is 2.42. The summed E-state index contributed by atoms with van der Waals surface area (Å²) in [5, 5.41) is 12.8. The van der Waals surface area contributed by atoms with E-state index in [0.29, 0.717) is 42.1 Å². The molecular weight excluding hydrogens is 499 g/mol. The van der Waals surface area contributed by atoms with Crippen LogP contribution in [0.25, 0.3) is 0 Å². The van der Waals surface area contributed by atoms with Gasteiger partial charge in [-0.1, -0.05) is 6.66 Å². The highest BCUT2D eigenvalue weighted by atomic mass is 31.0. The van der Waals surface area contributed by atoms with Crippen molar-refractivity contribution in [2.45, 2.75) is 59.7 Å². The fourth-order valence-electron chi connectivity index (χ4n) is 4.74. The van der Waals surface area contributed by atoms with Gasteiger partial charge in [-0.25, -0.2) is 0 Å². The summed E-state index contributed by atoms with van der Waals surface area (Å²) in [5.74, 6) is -0.486. The van der Waals surface area contributed by atoms with Crippen LogP contribution >= 0.6 is 9.24 Å². The van der Waals surface area contributed by atoms with Crippen LogP contribution in [0.4, 0.5) is 20.2 Å². The van der Waals surface area contributed by atoms with Crippen molar-refractivity contribution in [3.8, 4) is 0 Å². The number of carbonyl (C=O) groups is 1. The third-order valence-electron chi connectivity index (χ3n) is 6.43. The van der Waals surface area contributed by atoms with Crippen LogP contribution in [0.15, 0.2) is 16.9 Å². The van der Waals surface area contributed by atoms with Gasteiger partial charge in [0.15, 0.2) is 0 Å². The van der Waals surface area contributed by atoms with Crippen molar-refractivity contribution in [3.05, 3.63) is 56.0 Å². The molecular formula is C26H38F2N5O3P. The van der Waals surface area contributed by atoms with Gasteiger partial charge in [0.05, 0.1) is 11.4 Å². The first-order valence-corrected chi connectivity index (χ1v) is 13.5. The molecule has 1 unspecified atom stereocenters. The molecule has 1 aromatic carbocycles. The molecule has 0 saturated carbocycles. The lowest BCUT2D eigenvalue weighted by molar-refractivity contribution is 0.0845. The molecule has 1 fully saturated rings. The van der Waals surface area contributed by atoms with Gasteiger partial charge in [0.1, 0.15) is 0 Å². The molecule has 0 bridgehead atoms. The Morgan fingerprint density at radius 1 is 1.27 bits per heavy atom. The van der Waals surface area contributed by atoms with Crippen molar-refractivity contribution in [1.29, 1.82) is 5.41 Å². The number of aryl methyl sites for hydroxylation is 2. The Labute approximate surface area is 219 Å². The van der Waals surface area contributed by atoms with Gasteiger partial charge in [0.25, 0.3) is 11.5 Å². The minimum Gasteiger partial charge on any atom is -0.381 e. The van der Waals surface area contributed by atoms with Crippen LogP contribution < -0.4 is 21.1 Å². The van der Waals surface area contributed by atoms with Crippen molar-refractivity contribution >= 4 is 32.7 Å². The molecule has 1 aliphatic rings. The lowest BCUT2D eigenvalue weighted by Crippen LogP contribution is -2.41. The molecule has 2 heterocycles. The molecule has 0 radical (unpaired) electrons. The second-order valence-corrected chi connectivity index (χ2v) is 8.70. The largest absolute Gasteiger partial charge is 0.381 e. The summed E-state index contributed by atoms with van der Waals surface area (Å²) in [6.07, 6.45) is 2.56. The van der Waals surface area contributed by atoms with Gasteiger partial charge in [-0.15, -0.1) is 9.24 Å². The van der Waals surface area contributed by atoms with Crippen molar-refractivity contribution in [1.82, 2.24) is 10.3 Å². The Morgan fingerprint density at radius 2 is 1.92 bits per heavy atom. The Hall–Kier alpha value is -2.84. The normalized spacial score (nSPS) is 13.5. The third kappa shape index (κ3) is 7.36. The number of rotatable bonds is 9. The number of hydrogen-bond acceptors (Lipinski definition) is 6. The second-order valence-electron chi connectivity index (χ2n) is 8.70. The number of amides is 1. The zero-order valence-corrected chi connectivity index (χ0v) is 23.3. The number of halogens is 2. The molecule has 1 aromatic heterocycles. The molecule has 2 aromatic rings. The van der Waals surface area contributed by atoms with Crippen LogP contribution in [0.1, 0.15) is 58.1 Å². The van der Waals surface area contributed by atoms with Crippen LogP contribution in [-0.2, 0) is 11.3 Å². The smallest absolute Gasteiger partial charge is 0.312 e. The van der Waals surface area contributed by atoms with Crippen LogP contribution in [0.2, 0.25) is 0 Å². The number of alkyl halides is 2. The van der Waals surface area contributed by atoms with Gasteiger partial charge in [0, 0.05) is 60.9 Å². The van der Waals surface area contributed by atoms with E-state index < -0.39 is 12.5 Å². The molecule has 204 valence electrons. The van der Waals surface area contributed by atoms with E-state index in [9.17, 15) is 18.4 Å². The fraction of sp³-hybridized carbons (Fsp3) is 0.500. The molecule has 1 saturated heterocycles. The van der Waals surface area contributed by atoms with Crippen molar-refractivity contribution < 1.29 is 18.3 Å². The molecule has 1 atom stereocenters. The molecule has 4 N–H and O–H groups in total. The topological polar surface area (TPSA) is 110 Å². The Kier molecular flexibility index (Phi) is 11.7. The number of ether oxygens (including phenoxy) is 1. The van der Waals surface area contributed by atoms with E-state index in [-0.39, 0.29) is 29.4 Å². The van der Waals surface area contributed by atoms with Crippen LogP contribution in [0.5, 0.6) is 0 Å². The molecule has 8 nitrogen and oxygen atoms in total. The lowest BCUT2D eigenvalue weighted by Gasteiger charge is -2.38. The number of hydrogen-bond donors (Lipinski definition) is 4. The predicted octanol–water partition coefficient (Wildman–Crippen LogP) is 4.36. The number of aromatic amines is 1. The highest BCUT2D eigenvalue weighted by Gasteiger charge is 2.28. The average molecular weight is 538 g/mol. The Bertz CT molecular complexity index is 1150. The molecule has 0 aliphatic carbocycles. The Morgan fingerprint density at radius 3 is 2.46 bits per heavy atom. The van der Waals surface area contributed by atoms with Gasteiger partial charge in [0.2, 0.25) is 0 Å². The third-order valence-corrected chi connectivity index (χ3v) is 6.43. The SMILES string of the molecule is CCN(c1c(C)c(C(=O)NCc2c(C)cc(C)[nH]c2=O)cc(NC(F)F)c1C=N)C1CCOCC1.CP. The van der Waals surface area contributed by atoms with E-state index in [1.54, 1.807) is 20.8 Å². The molecule has 37 heavy (non-hydrogen) atoms. The summed E-state index contributed by atoms with van der Waals surface area (Å²) in [4.78, 5) is 30.4. The molecule has 1 amide bonds. The standard InChI is InChI=1S/C25H33F2N5O3.CH5P/c1-5-32(17-6-8-35-9-7-17)22-16(4)18(11-21(19(22)12-28)31-25(26)27)23(33)29-13-20-14(2)10-15(3)30-24(20)34;1-2/h10-12,17,25,28,31H,5-9,13H2,1-4H3,(H,29,33)(H,30,34);2H2,1H3. The number of carbonyl (C=O) groups excluding carboxylic acids is 1. The van der Waals surface area contributed by atoms with Crippen LogP contribution in [0.3, 0.4) is 0 Å². The summed E-state index contributed by atoms with van der Waals surface area (Å²) in [5.41, 5.74) is 3.31. The summed E-state index contributed by atoms with van der Waals surface area (Å²) in [6, 6.07) is 3.27. The number of H-pyrrole nitrogens is 1. The first kappa shape index (κ1) is 30.4. The predicted molar refractivity (Wildman–Crippen MR) is 149 cm³/mol. The van der Waals surface area contributed by atoms with Gasteiger partial charge < -0.3 is 30.7 Å². The van der Waals surface area contributed by atoms with E-state index in [0.717, 1.165) is 30.3 Å². The highest BCUT2D eigenvalue weighted by Crippen LogP contribution is 2.36.